The highest BCUT2D eigenvalue weighted by Gasteiger charge is 2.68. The van der Waals surface area contributed by atoms with Crippen LogP contribution in [-0.2, 0) is 19.1 Å². The van der Waals surface area contributed by atoms with Crippen LogP contribution in [0.15, 0.2) is 76.9 Å². The summed E-state index contributed by atoms with van der Waals surface area (Å²) in [4.78, 5) is 56.0. The Bertz CT molecular complexity index is 1610. The van der Waals surface area contributed by atoms with Crippen molar-refractivity contribution in [2.45, 2.75) is 70.3 Å². The Kier molecular flexibility index (Phi) is 8.44. The van der Waals surface area contributed by atoms with Gasteiger partial charge in [0.15, 0.2) is 23.0 Å². The van der Waals surface area contributed by atoms with Crippen LogP contribution in [0.5, 0.6) is 0 Å². The largest absolute Gasteiger partial charge is 0.451 e. The average molecular weight is 626 g/mol. The Morgan fingerprint density at radius 1 is 0.956 bits per heavy atom. The van der Waals surface area contributed by atoms with Crippen molar-refractivity contribution < 1.29 is 23.9 Å². The number of hydrogen-bond donors (Lipinski definition) is 0. The maximum atomic E-state index is 14.0. The van der Waals surface area contributed by atoms with Gasteiger partial charge in [-0.2, -0.15) is 11.8 Å². The Morgan fingerprint density at radius 3 is 2.31 bits per heavy atom. The number of carbonyl (C=O) groups excluding carboxylic acids is 4. The number of allylic oxidation sites excluding steroid dienone is 4. The van der Waals surface area contributed by atoms with E-state index in [0.717, 1.165) is 29.7 Å². The molecular formula is C38H43NO5S. The maximum Gasteiger partial charge on any atom is 0.303 e. The first-order valence-electron chi connectivity index (χ1n) is 16.1. The Balaban J connectivity index is 1.55. The van der Waals surface area contributed by atoms with Crippen molar-refractivity contribution in [3.05, 3.63) is 88.0 Å². The van der Waals surface area contributed by atoms with Crippen molar-refractivity contribution in [2.75, 3.05) is 31.0 Å². The molecule has 3 unspecified atom stereocenters. The Hall–Kier alpha value is -3.45. The molecule has 0 heterocycles. The molecule has 0 aliphatic heterocycles. The molecule has 6 nitrogen and oxygen atoms in total. The molecule has 6 rings (SSSR count). The van der Waals surface area contributed by atoms with Gasteiger partial charge in [-0.3, -0.25) is 19.2 Å². The number of benzene rings is 2. The van der Waals surface area contributed by atoms with Crippen molar-refractivity contribution >= 4 is 40.8 Å². The summed E-state index contributed by atoms with van der Waals surface area (Å²) < 4.78 is 6.20. The first-order chi connectivity index (χ1) is 21.5. The molecule has 0 spiro atoms. The van der Waals surface area contributed by atoms with Gasteiger partial charge in [-0.25, -0.2) is 0 Å². The molecule has 0 saturated heterocycles. The van der Waals surface area contributed by atoms with E-state index in [4.69, 9.17) is 4.74 Å². The third-order valence-corrected chi connectivity index (χ3v) is 11.7. The van der Waals surface area contributed by atoms with Crippen LogP contribution in [-0.4, -0.2) is 55.0 Å². The minimum absolute atomic E-state index is 0.00316. The molecular weight excluding hydrogens is 582 g/mol. The van der Waals surface area contributed by atoms with E-state index in [1.54, 1.807) is 12.1 Å². The van der Waals surface area contributed by atoms with Crippen LogP contribution in [0.1, 0.15) is 80.6 Å². The second-order valence-corrected chi connectivity index (χ2v) is 14.5. The lowest BCUT2D eigenvalue weighted by Gasteiger charge is -2.55. The Morgan fingerprint density at radius 2 is 1.67 bits per heavy atom. The van der Waals surface area contributed by atoms with Gasteiger partial charge in [0.1, 0.15) is 0 Å². The van der Waals surface area contributed by atoms with Crippen molar-refractivity contribution in [1.29, 1.82) is 0 Å². The fourth-order valence-electron chi connectivity index (χ4n) is 9.23. The quantitative estimate of drug-likeness (QED) is 0.175. The molecule has 2 saturated carbocycles. The third-order valence-electron chi connectivity index (χ3n) is 11.2. The maximum absolute atomic E-state index is 14.0. The number of thioether (sulfide) groups is 1. The van der Waals surface area contributed by atoms with Crippen LogP contribution in [0.25, 0.3) is 0 Å². The van der Waals surface area contributed by atoms with Gasteiger partial charge >= 0.3 is 5.97 Å². The van der Waals surface area contributed by atoms with Crippen molar-refractivity contribution in [3.63, 3.8) is 0 Å². The van der Waals surface area contributed by atoms with Gasteiger partial charge in [0.25, 0.3) is 0 Å². The van der Waals surface area contributed by atoms with E-state index in [1.807, 2.05) is 38.6 Å². The van der Waals surface area contributed by atoms with Gasteiger partial charge in [-0.1, -0.05) is 55.0 Å². The summed E-state index contributed by atoms with van der Waals surface area (Å²) in [5.74, 6) is -0.0696. The molecule has 7 heteroatoms. The van der Waals surface area contributed by atoms with Crippen molar-refractivity contribution in [2.24, 2.45) is 17.3 Å². The zero-order valence-electron chi connectivity index (χ0n) is 27.0. The lowest BCUT2D eigenvalue weighted by atomic mass is 9.50. The number of ketones is 3. The van der Waals surface area contributed by atoms with Gasteiger partial charge < -0.3 is 9.64 Å². The third kappa shape index (κ3) is 5.11. The minimum Gasteiger partial charge on any atom is -0.451 e. The lowest BCUT2D eigenvalue weighted by molar-refractivity contribution is -0.182. The number of nitrogens with zero attached hydrogens (tertiary/aromatic N) is 1. The molecule has 45 heavy (non-hydrogen) atoms. The monoisotopic (exact) mass is 625 g/mol. The summed E-state index contributed by atoms with van der Waals surface area (Å²) in [6.45, 7) is 3.61. The van der Waals surface area contributed by atoms with Crippen LogP contribution < -0.4 is 4.90 Å². The summed E-state index contributed by atoms with van der Waals surface area (Å²) in [6.07, 6.45) is 6.30. The van der Waals surface area contributed by atoms with E-state index in [1.165, 1.54) is 29.8 Å². The topological polar surface area (TPSA) is 80.8 Å². The SMILES string of the molecule is CSCC(=O)[C@@]1(OC(C)=O)CCC2C3CCC4=C(C(=O)c5ccccc5)C(=O)CCC4=C3C(c3ccc(N(C)C)cc3)C[C@@]21C. The molecule has 0 amide bonds. The van der Waals surface area contributed by atoms with E-state index in [9.17, 15) is 19.2 Å². The summed E-state index contributed by atoms with van der Waals surface area (Å²) in [6, 6.07) is 17.8. The Labute approximate surface area is 270 Å². The second kappa shape index (κ2) is 12.1. The summed E-state index contributed by atoms with van der Waals surface area (Å²) in [5, 5.41) is 0. The molecule has 4 aliphatic rings. The number of carbonyl (C=O) groups is 4. The van der Waals surface area contributed by atoms with E-state index >= 15 is 0 Å². The molecule has 5 atom stereocenters. The van der Waals surface area contributed by atoms with Crippen LogP contribution >= 0.6 is 11.8 Å². The lowest BCUT2D eigenvalue weighted by Crippen LogP contribution is -2.58. The molecule has 2 aromatic rings. The molecule has 0 radical (unpaired) electrons. The highest BCUT2D eigenvalue weighted by atomic mass is 32.2. The predicted octanol–water partition coefficient (Wildman–Crippen LogP) is 7.14. The number of rotatable bonds is 8. The molecule has 2 fully saturated rings. The van der Waals surface area contributed by atoms with Gasteiger partial charge in [-0.05, 0) is 85.5 Å². The van der Waals surface area contributed by atoms with Crippen molar-refractivity contribution in [1.82, 2.24) is 0 Å². The van der Waals surface area contributed by atoms with Crippen LogP contribution in [0.4, 0.5) is 5.69 Å². The van der Waals surface area contributed by atoms with Crippen LogP contribution in [0, 0.1) is 17.3 Å². The summed E-state index contributed by atoms with van der Waals surface area (Å²) >= 11 is 1.48. The van der Waals surface area contributed by atoms with Gasteiger partial charge in [-0.15, -0.1) is 0 Å². The number of ether oxygens (including phenoxy) is 1. The smallest absolute Gasteiger partial charge is 0.303 e. The van der Waals surface area contributed by atoms with Gasteiger partial charge in [0, 0.05) is 50.0 Å². The fourth-order valence-corrected chi connectivity index (χ4v) is 9.72. The molecule has 236 valence electrons. The normalized spacial score (nSPS) is 29.1. The van der Waals surface area contributed by atoms with E-state index < -0.39 is 17.0 Å². The van der Waals surface area contributed by atoms with Crippen LogP contribution in [0.2, 0.25) is 0 Å². The zero-order valence-corrected chi connectivity index (χ0v) is 27.8. The van der Waals surface area contributed by atoms with Crippen molar-refractivity contribution in [3.8, 4) is 0 Å². The highest BCUT2D eigenvalue weighted by Crippen LogP contribution is 2.68. The second-order valence-electron chi connectivity index (χ2n) is 13.6. The fraction of sp³-hybridized carbons (Fsp3) is 0.474. The van der Waals surface area contributed by atoms with Gasteiger partial charge in [0.2, 0.25) is 0 Å². The number of fused-ring (bicyclic) bond motifs is 4. The summed E-state index contributed by atoms with van der Waals surface area (Å²) in [7, 11) is 4.04. The molecule has 4 aliphatic carbocycles. The minimum atomic E-state index is -1.17. The standard InChI is InChI=1S/C38H43NO5S/c1-23(40)44-38(33(42)22-45-5)20-19-31-29-16-15-28-27(17-18-32(41)35(28)36(43)25-9-7-6-8-10-25)34(29)30(21-37(31,38)2)24-11-13-26(14-12-24)39(3)4/h6-14,29-31H,15-22H2,1-5H3/t29?,30?,31?,37-,38-/m0/s1. The average Bonchev–Trinajstić information content (AvgIpc) is 3.32. The first kappa shape index (κ1) is 31.5. The number of Topliss-reactive ketones (excluding diaryl/α,β-unsaturated/α-hetero) is 3. The zero-order chi connectivity index (χ0) is 32.1. The summed E-state index contributed by atoms with van der Waals surface area (Å²) in [5.41, 5.74) is 4.86. The number of hydrogen-bond acceptors (Lipinski definition) is 7. The van der Waals surface area contributed by atoms with E-state index in [2.05, 4.69) is 36.1 Å². The van der Waals surface area contributed by atoms with Crippen LogP contribution in [0.3, 0.4) is 0 Å². The molecule has 0 bridgehead atoms. The number of esters is 1. The molecule has 0 N–H and O–H groups in total. The predicted molar refractivity (Wildman–Crippen MR) is 179 cm³/mol. The van der Waals surface area contributed by atoms with E-state index in [0.29, 0.717) is 49.0 Å². The highest BCUT2D eigenvalue weighted by molar-refractivity contribution is 7.99. The van der Waals surface area contributed by atoms with Gasteiger partial charge in [0.05, 0.1) is 11.3 Å². The number of anilines is 1. The molecule has 2 aromatic carbocycles. The first-order valence-corrected chi connectivity index (χ1v) is 17.5. The molecule has 0 aromatic heterocycles. The van der Waals surface area contributed by atoms with E-state index in [-0.39, 0.29) is 35.1 Å².